The lowest BCUT2D eigenvalue weighted by Gasteiger charge is -1.92. The van der Waals surface area contributed by atoms with Gasteiger partial charge in [0.15, 0.2) is 0 Å². The van der Waals surface area contributed by atoms with Gasteiger partial charge in [0, 0.05) is 0 Å². The van der Waals surface area contributed by atoms with Crippen LogP contribution >= 0.6 is 11.3 Å². The van der Waals surface area contributed by atoms with E-state index in [4.69, 9.17) is 5.84 Å². The Labute approximate surface area is 77.9 Å². The largest absolute Gasteiger partial charge is 0.334 e. The standard InChI is InChI=1S/C7H8N4OS/c1-3-9-6-5(13-3)2-4(10-6)7(12)11-8/h2,10H,8H2,1H3,(H,11,12). The van der Waals surface area contributed by atoms with Gasteiger partial charge >= 0.3 is 0 Å². The third-order valence-corrected chi connectivity index (χ3v) is 2.58. The van der Waals surface area contributed by atoms with Crippen molar-refractivity contribution >= 4 is 27.6 Å². The van der Waals surface area contributed by atoms with Crippen LogP contribution in [0.3, 0.4) is 0 Å². The Hall–Kier alpha value is -1.40. The molecule has 4 N–H and O–H groups in total. The van der Waals surface area contributed by atoms with Crippen molar-refractivity contribution < 1.29 is 4.79 Å². The molecule has 0 radical (unpaired) electrons. The van der Waals surface area contributed by atoms with Crippen LogP contribution in [0.4, 0.5) is 0 Å². The SMILES string of the molecule is Cc1nc2[nH]c(C(=O)NN)cc2s1. The van der Waals surface area contributed by atoms with Gasteiger partial charge in [-0.25, -0.2) is 10.8 Å². The Balaban J connectivity index is 2.51. The molecule has 0 spiro atoms. The van der Waals surface area contributed by atoms with E-state index >= 15 is 0 Å². The number of carbonyl (C=O) groups is 1. The first-order valence-electron chi connectivity index (χ1n) is 3.68. The summed E-state index contributed by atoms with van der Waals surface area (Å²) in [5.74, 6) is 4.66. The molecule has 2 heterocycles. The minimum atomic E-state index is -0.331. The zero-order valence-corrected chi connectivity index (χ0v) is 7.73. The van der Waals surface area contributed by atoms with Crippen molar-refractivity contribution in [1.29, 1.82) is 0 Å². The molecular formula is C7H8N4OS. The predicted molar refractivity (Wildman–Crippen MR) is 50.4 cm³/mol. The Morgan fingerprint density at radius 1 is 1.77 bits per heavy atom. The molecule has 68 valence electrons. The number of aryl methyl sites for hydroxylation is 1. The average molecular weight is 196 g/mol. The number of amides is 1. The third kappa shape index (κ3) is 1.30. The molecule has 0 saturated heterocycles. The van der Waals surface area contributed by atoms with Crippen LogP contribution in [0.1, 0.15) is 15.5 Å². The van der Waals surface area contributed by atoms with E-state index < -0.39 is 0 Å². The lowest BCUT2D eigenvalue weighted by atomic mass is 10.4. The van der Waals surface area contributed by atoms with Gasteiger partial charge in [-0.1, -0.05) is 0 Å². The highest BCUT2D eigenvalue weighted by Gasteiger charge is 2.10. The molecule has 2 rings (SSSR count). The first kappa shape index (κ1) is 8.21. The maximum Gasteiger partial charge on any atom is 0.281 e. The number of hydrogen-bond acceptors (Lipinski definition) is 4. The molecule has 2 aromatic heterocycles. The maximum atomic E-state index is 11.1. The first-order valence-corrected chi connectivity index (χ1v) is 4.49. The van der Waals surface area contributed by atoms with E-state index in [0.29, 0.717) is 5.69 Å². The zero-order chi connectivity index (χ0) is 9.42. The van der Waals surface area contributed by atoms with E-state index in [-0.39, 0.29) is 5.91 Å². The second kappa shape index (κ2) is 2.82. The summed E-state index contributed by atoms with van der Waals surface area (Å²) in [6.07, 6.45) is 0. The summed E-state index contributed by atoms with van der Waals surface area (Å²) >= 11 is 1.54. The van der Waals surface area contributed by atoms with Crippen LogP contribution in [-0.4, -0.2) is 15.9 Å². The highest BCUT2D eigenvalue weighted by Crippen LogP contribution is 2.21. The van der Waals surface area contributed by atoms with E-state index in [2.05, 4.69) is 15.4 Å². The number of hydrogen-bond donors (Lipinski definition) is 3. The summed E-state index contributed by atoms with van der Waals surface area (Å²) < 4.78 is 0.969. The first-order chi connectivity index (χ1) is 6.20. The number of carbonyl (C=O) groups excluding carboxylic acids is 1. The number of hydrazine groups is 1. The van der Waals surface area contributed by atoms with Crippen molar-refractivity contribution in [2.75, 3.05) is 0 Å². The molecule has 1 amide bonds. The van der Waals surface area contributed by atoms with Crippen molar-refractivity contribution in [2.24, 2.45) is 5.84 Å². The molecule has 0 aliphatic heterocycles. The van der Waals surface area contributed by atoms with Crippen LogP contribution in [0.25, 0.3) is 10.3 Å². The number of nitrogen functional groups attached to an aromatic ring is 1. The van der Waals surface area contributed by atoms with Gasteiger partial charge in [0.05, 0.1) is 9.71 Å². The fourth-order valence-corrected chi connectivity index (χ4v) is 1.95. The van der Waals surface area contributed by atoms with Gasteiger partial charge in [0.2, 0.25) is 0 Å². The molecular weight excluding hydrogens is 188 g/mol. The number of thiazole rings is 1. The monoisotopic (exact) mass is 196 g/mol. The minimum absolute atomic E-state index is 0.331. The molecule has 5 nitrogen and oxygen atoms in total. The van der Waals surface area contributed by atoms with Gasteiger partial charge in [-0.3, -0.25) is 10.2 Å². The highest BCUT2D eigenvalue weighted by molar-refractivity contribution is 7.18. The zero-order valence-electron chi connectivity index (χ0n) is 6.92. The van der Waals surface area contributed by atoms with Crippen LogP contribution in [-0.2, 0) is 0 Å². The molecule has 0 aromatic carbocycles. The molecule has 0 aliphatic rings. The lowest BCUT2D eigenvalue weighted by Crippen LogP contribution is -2.30. The normalized spacial score (nSPS) is 10.6. The molecule has 0 atom stereocenters. The van der Waals surface area contributed by atoms with Gasteiger partial charge in [-0.05, 0) is 13.0 Å². The van der Waals surface area contributed by atoms with Crippen LogP contribution < -0.4 is 11.3 Å². The number of aromatic nitrogens is 2. The van der Waals surface area contributed by atoms with Gasteiger partial charge in [-0.15, -0.1) is 11.3 Å². The van der Waals surface area contributed by atoms with Gasteiger partial charge < -0.3 is 4.98 Å². The van der Waals surface area contributed by atoms with Crippen LogP contribution in [0, 0.1) is 6.92 Å². The van der Waals surface area contributed by atoms with Crippen molar-refractivity contribution in [2.45, 2.75) is 6.92 Å². The molecule has 2 aromatic rings. The van der Waals surface area contributed by atoms with E-state index in [1.807, 2.05) is 6.92 Å². The summed E-state index contributed by atoms with van der Waals surface area (Å²) in [5, 5.41) is 0.973. The fraction of sp³-hybridized carbons (Fsp3) is 0.143. The molecule has 6 heteroatoms. The summed E-state index contributed by atoms with van der Waals surface area (Å²) in [5.41, 5.74) is 3.23. The summed E-state index contributed by atoms with van der Waals surface area (Å²) in [6, 6.07) is 1.74. The number of aromatic amines is 1. The lowest BCUT2D eigenvalue weighted by molar-refractivity contribution is 0.0949. The average Bonchev–Trinajstić information content (AvgIpc) is 2.59. The molecule has 0 aliphatic carbocycles. The quantitative estimate of drug-likeness (QED) is 0.353. The van der Waals surface area contributed by atoms with Crippen molar-refractivity contribution in [3.05, 3.63) is 16.8 Å². The number of fused-ring (bicyclic) bond motifs is 1. The Morgan fingerprint density at radius 3 is 3.15 bits per heavy atom. The van der Waals surface area contributed by atoms with Gasteiger partial charge in [-0.2, -0.15) is 0 Å². The van der Waals surface area contributed by atoms with E-state index in [9.17, 15) is 4.79 Å². The number of H-pyrrole nitrogens is 1. The van der Waals surface area contributed by atoms with E-state index in [1.54, 1.807) is 6.07 Å². The Kier molecular flexibility index (Phi) is 1.78. The number of nitrogens with two attached hydrogens (primary N) is 1. The Morgan fingerprint density at radius 2 is 2.54 bits per heavy atom. The van der Waals surface area contributed by atoms with Crippen molar-refractivity contribution in [1.82, 2.24) is 15.4 Å². The van der Waals surface area contributed by atoms with Crippen LogP contribution in [0.15, 0.2) is 6.07 Å². The van der Waals surface area contributed by atoms with Crippen LogP contribution in [0.5, 0.6) is 0 Å². The number of rotatable bonds is 1. The second-order valence-corrected chi connectivity index (χ2v) is 3.84. The molecule has 13 heavy (non-hydrogen) atoms. The van der Waals surface area contributed by atoms with E-state index in [1.165, 1.54) is 11.3 Å². The Bertz CT molecular complexity index is 426. The summed E-state index contributed by atoms with van der Waals surface area (Å²) in [6.45, 7) is 1.92. The second-order valence-electron chi connectivity index (χ2n) is 2.60. The molecule has 0 bridgehead atoms. The fourth-order valence-electron chi connectivity index (χ4n) is 1.13. The summed E-state index contributed by atoms with van der Waals surface area (Å²) in [7, 11) is 0. The molecule has 0 unspecified atom stereocenters. The third-order valence-electron chi connectivity index (χ3n) is 1.66. The maximum absolute atomic E-state index is 11.1. The van der Waals surface area contributed by atoms with Crippen LogP contribution in [0.2, 0.25) is 0 Å². The number of nitrogens with zero attached hydrogens (tertiary/aromatic N) is 1. The summed E-state index contributed by atoms with van der Waals surface area (Å²) in [4.78, 5) is 18.1. The molecule has 0 fully saturated rings. The smallest absolute Gasteiger partial charge is 0.281 e. The van der Waals surface area contributed by atoms with Gasteiger partial charge in [0.25, 0.3) is 5.91 Å². The van der Waals surface area contributed by atoms with Gasteiger partial charge in [0.1, 0.15) is 11.3 Å². The van der Waals surface area contributed by atoms with Crippen molar-refractivity contribution in [3.63, 3.8) is 0 Å². The highest BCUT2D eigenvalue weighted by atomic mass is 32.1. The molecule has 0 saturated carbocycles. The predicted octanol–water partition coefficient (Wildman–Crippen LogP) is 0.536. The number of nitrogens with one attached hydrogen (secondary N) is 2. The topological polar surface area (TPSA) is 83.8 Å². The van der Waals surface area contributed by atoms with E-state index in [0.717, 1.165) is 15.4 Å². The minimum Gasteiger partial charge on any atom is -0.334 e. The van der Waals surface area contributed by atoms with Crippen molar-refractivity contribution in [3.8, 4) is 0 Å².